The van der Waals surface area contributed by atoms with Crippen LogP contribution in [0.1, 0.15) is 75.3 Å². The van der Waals surface area contributed by atoms with Crippen LogP contribution in [0.15, 0.2) is 54.6 Å². The lowest BCUT2D eigenvalue weighted by atomic mass is 9.92. The zero-order chi connectivity index (χ0) is 59.4. The van der Waals surface area contributed by atoms with Crippen molar-refractivity contribution in [3.63, 3.8) is 0 Å². The molecule has 1 aliphatic rings. The van der Waals surface area contributed by atoms with Crippen LogP contribution < -0.4 is 26.6 Å². The SMILES string of the molecule is CN1CCN(C)CC(Cc2ccc(NC(=S)NCCCCCC(=O)C[C@@H](Cc3ccccc3)C(=O)NCCCC[C@H](NC(=O)NCCCC(=O)O)C(=O)O)cc2)N(CC(=O)O)CCN(CC(=O)O)CC1.O=C=O.O=C=O.O=C=O. The predicted molar refractivity (Wildman–Crippen MR) is 285 cm³/mol. The summed E-state index contributed by atoms with van der Waals surface area (Å²) < 4.78 is 0. The first-order chi connectivity index (χ1) is 37.7. The molecule has 1 unspecified atom stereocenters. The Morgan fingerprint density at radius 3 is 1.80 bits per heavy atom. The maximum Gasteiger partial charge on any atom is 0.373 e. The van der Waals surface area contributed by atoms with E-state index in [0.717, 1.165) is 42.7 Å². The molecular formula is C52H75N9O17S. The minimum absolute atomic E-state index is 0.00975. The molecule has 2 aromatic rings. The van der Waals surface area contributed by atoms with Gasteiger partial charge >= 0.3 is 48.4 Å². The molecule has 27 heteroatoms. The number of thiocarbonyl (C=S) groups is 1. The highest BCUT2D eigenvalue weighted by Gasteiger charge is 2.26. The first-order valence-corrected chi connectivity index (χ1v) is 25.8. The topological polar surface area (TPSA) is 376 Å². The summed E-state index contributed by atoms with van der Waals surface area (Å²) in [6.07, 6.45) is 5.43. The Balaban J connectivity index is 0.00000630. The van der Waals surface area contributed by atoms with Crippen molar-refractivity contribution in [3.8, 4) is 0 Å². The van der Waals surface area contributed by atoms with E-state index >= 15 is 0 Å². The number of carbonyl (C=O) groups is 7. The number of aliphatic carboxylic acids is 4. The van der Waals surface area contributed by atoms with Gasteiger partial charge in [0.2, 0.25) is 5.91 Å². The molecule has 1 saturated heterocycles. The molecule has 1 fully saturated rings. The number of ketones is 1. The quantitative estimate of drug-likeness (QED) is 0.0406. The van der Waals surface area contributed by atoms with Crippen LogP contribution in [0.4, 0.5) is 10.5 Å². The number of rotatable bonds is 29. The molecule has 0 aromatic heterocycles. The number of anilines is 1. The smallest absolute Gasteiger partial charge is 0.373 e. The fourth-order valence-corrected chi connectivity index (χ4v) is 8.31. The van der Waals surface area contributed by atoms with Gasteiger partial charge in [0.05, 0.1) is 13.1 Å². The van der Waals surface area contributed by atoms with Crippen molar-refractivity contribution < 1.29 is 82.8 Å². The average molecular weight is 1130 g/mol. The zero-order valence-electron chi connectivity index (χ0n) is 44.7. The van der Waals surface area contributed by atoms with E-state index in [1.807, 2.05) is 78.5 Å². The maximum absolute atomic E-state index is 13.3. The Bertz CT molecular complexity index is 2230. The van der Waals surface area contributed by atoms with Crippen molar-refractivity contribution in [2.24, 2.45) is 5.92 Å². The summed E-state index contributed by atoms with van der Waals surface area (Å²) >= 11 is 5.55. The Labute approximate surface area is 464 Å². The van der Waals surface area contributed by atoms with Gasteiger partial charge in [-0.25, -0.2) is 9.59 Å². The summed E-state index contributed by atoms with van der Waals surface area (Å²) in [6.45, 7) is 5.08. The first kappa shape index (κ1) is 71.4. The van der Waals surface area contributed by atoms with Crippen molar-refractivity contribution in [1.29, 1.82) is 0 Å². The van der Waals surface area contributed by atoms with Gasteiger partial charge in [-0.3, -0.25) is 33.8 Å². The number of benzene rings is 2. The van der Waals surface area contributed by atoms with E-state index in [2.05, 4.69) is 36.4 Å². The molecule has 1 heterocycles. The molecule has 0 radical (unpaired) electrons. The van der Waals surface area contributed by atoms with Crippen LogP contribution in [0, 0.1) is 5.92 Å². The molecule has 79 heavy (non-hydrogen) atoms. The van der Waals surface area contributed by atoms with Crippen LogP contribution in [-0.4, -0.2) is 210 Å². The highest BCUT2D eigenvalue weighted by atomic mass is 32.1. The number of unbranched alkanes of at least 4 members (excludes halogenated alkanes) is 3. The van der Waals surface area contributed by atoms with Gasteiger partial charge in [-0.05, 0) is 101 Å². The van der Waals surface area contributed by atoms with Gasteiger partial charge in [-0.15, -0.1) is 0 Å². The van der Waals surface area contributed by atoms with Gasteiger partial charge in [0.25, 0.3) is 0 Å². The summed E-state index contributed by atoms with van der Waals surface area (Å²) in [5, 5.41) is 52.2. The average Bonchev–Trinajstić information content (AvgIpc) is 3.38. The van der Waals surface area contributed by atoms with Crippen molar-refractivity contribution in [2.45, 2.75) is 89.1 Å². The molecule has 9 N–H and O–H groups in total. The fraction of sp³-hybridized carbons (Fsp3) is 0.558. The second-order valence-corrected chi connectivity index (χ2v) is 18.7. The highest BCUT2D eigenvalue weighted by molar-refractivity contribution is 7.80. The van der Waals surface area contributed by atoms with E-state index in [9.17, 15) is 48.9 Å². The van der Waals surface area contributed by atoms with Gasteiger partial charge < -0.3 is 56.8 Å². The van der Waals surface area contributed by atoms with E-state index < -0.39 is 41.9 Å². The lowest BCUT2D eigenvalue weighted by molar-refractivity contribution is -0.193. The van der Waals surface area contributed by atoms with Crippen molar-refractivity contribution >= 4 is 83.1 Å². The third kappa shape index (κ3) is 37.8. The first-order valence-electron chi connectivity index (χ1n) is 25.4. The van der Waals surface area contributed by atoms with Crippen LogP contribution in [0.2, 0.25) is 0 Å². The lowest BCUT2D eigenvalue weighted by Gasteiger charge is -2.36. The summed E-state index contributed by atoms with van der Waals surface area (Å²) in [7, 11) is 4.06. The van der Waals surface area contributed by atoms with Crippen LogP contribution >= 0.6 is 12.2 Å². The van der Waals surface area contributed by atoms with Crippen LogP contribution in [0.3, 0.4) is 0 Å². The molecule has 0 spiro atoms. The highest BCUT2D eigenvalue weighted by Crippen LogP contribution is 2.18. The number of carboxylic acids is 4. The second-order valence-electron chi connectivity index (χ2n) is 18.3. The van der Waals surface area contributed by atoms with Gasteiger partial charge in [0, 0.05) is 102 Å². The van der Waals surface area contributed by atoms with E-state index in [0.29, 0.717) is 82.9 Å². The number of carboxylic acid groups (broad SMARTS) is 4. The molecular weight excluding hydrogens is 1050 g/mol. The molecule has 0 aliphatic carbocycles. The number of urea groups is 1. The van der Waals surface area contributed by atoms with Gasteiger partial charge in [0.15, 0.2) is 5.11 Å². The predicted octanol–water partition coefficient (Wildman–Crippen LogP) is 1.07. The zero-order valence-corrected chi connectivity index (χ0v) is 45.5. The molecule has 3 atom stereocenters. The molecule has 0 saturated carbocycles. The Morgan fingerprint density at radius 1 is 0.620 bits per heavy atom. The van der Waals surface area contributed by atoms with E-state index in [4.69, 9.17) is 46.1 Å². The van der Waals surface area contributed by atoms with E-state index in [-0.39, 0.29) is 88.0 Å². The maximum atomic E-state index is 13.3. The number of carbonyl (C=O) groups excluding carboxylic acids is 9. The standard InChI is InChI=1S/C49H75N9O11S.3CO2/c1-55-24-25-56(2)33-40(58(35-45(64)65)29-28-57(27-26-55)34-44(62)63)31-37-17-19-39(20-18-37)53-49(70)52-22-9-4-7-14-41(59)32-38(30-36-12-5-3-6-13-36)46(66)50-21-10-8-15-42(47(67)68)54-48(69)51-23-11-16-43(60)61;3*2-1-3/h3,5-6,12-13,17-20,38,40,42H,4,7-11,14-16,21-35H2,1-2H3,(H,50,66)(H,60,61)(H,62,63)(H,64,65)(H,67,68)(H2,51,54,69)(H2,52,53,70);;;/t38-,40?,42+;;;/m1.../s1. The minimum Gasteiger partial charge on any atom is -0.481 e. The van der Waals surface area contributed by atoms with E-state index in [1.165, 1.54) is 0 Å². The van der Waals surface area contributed by atoms with Gasteiger partial charge in [-0.2, -0.15) is 28.8 Å². The molecule has 2 aromatic carbocycles. The number of Topliss-reactive ketones (excluding diaryl/α,β-unsaturated/α-hetero) is 1. The Hall–Kier alpha value is -7.60. The number of nitrogens with zero attached hydrogens (tertiary/aromatic N) is 4. The van der Waals surface area contributed by atoms with Crippen LogP contribution in [-0.2, 0) is 70.4 Å². The third-order valence-electron chi connectivity index (χ3n) is 12.0. The summed E-state index contributed by atoms with van der Waals surface area (Å²) in [5.74, 6) is -4.88. The normalized spacial score (nSPS) is 14.8. The molecule has 3 rings (SSSR count). The largest absolute Gasteiger partial charge is 0.481 e. The summed E-state index contributed by atoms with van der Waals surface area (Å²) in [6, 6.07) is 15.4. The third-order valence-corrected chi connectivity index (χ3v) is 12.3. The molecule has 26 nitrogen and oxygen atoms in total. The summed E-state index contributed by atoms with van der Waals surface area (Å²) in [5.41, 5.74) is 2.75. The summed E-state index contributed by atoms with van der Waals surface area (Å²) in [4.78, 5) is 141. The lowest BCUT2D eigenvalue weighted by Crippen LogP contribution is -2.51. The number of hydrogen-bond acceptors (Lipinski definition) is 18. The van der Waals surface area contributed by atoms with Crippen LogP contribution in [0.25, 0.3) is 0 Å². The minimum atomic E-state index is -1.20. The Morgan fingerprint density at radius 2 is 1.19 bits per heavy atom. The molecule has 1 aliphatic heterocycles. The second kappa shape index (κ2) is 44.4. The fourth-order valence-electron chi connectivity index (χ4n) is 8.09. The van der Waals surface area contributed by atoms with E-state index in [1.54, 1.807) is 0 Å². The number of nitrogens with one attached hydrogen (secondary N) is 5. The Kier molecular flexibility index (Phi) is 40.1. The van der Waals surface area contributed by atoms with Crippen LogP contribution in [0.5, 0.6) is 0 Å². The van der Waals surface area contributed by atoms with Crippen molar-refractivity contribution in [3.05, 3.63) is 65.7 Å². The van der Waals surface area contributed by atoms with Gasteiger partial charge in [0.1, 0.15) is 11.8 Å². The molecule has 0 bridgehead atoms. The number of amides is 3. The molecule has 436 valence electrons. The van der Waals surface area contributed by atoms with Crippen molar-refractivity contribution in [2.75, 3.05) is 97.9 Å². The molecule has 3 amide bonds. The number of hydrogen-bond donors (Lipinski definition) is 9. The van der Waals surface area contributed by atoms with Crippen molar-refractivity contribution in [1.82, 2.24) is 40.9 Å². The number of likely N-dealkylation sites (N-methyl/N-ethyl adjacent to an activating group) is 2. The monoisotopic (exact) mass is 1130 g/mol. The van der Waals surface area contributed by atoms with Gasteiger partial charge in [-0.1, -0.05) is 48.9 Å².